The highest BCUT2D eigenvalue weighted by molar-refractivity contribution is 6.32. The Kier molecular flexibility index (Phi) is 7.58. The molecule has 0 saturated carbocycles. The number of hydrogen-bond acceptors (Lipinski definition) is 5. The van der Waals surface area contributed by atoms with Gasteiger partial charge < -0.3 is 14.2 Å². The number of esters is 1. The summed E-state index contributed by atoms with van der Waals surface area (Å²) in [6.45, 7) is 3.24. The Balaban J connectivity index is 2.01. The monoisotopic (exact) mass is 406 g/mol. The maximum absolute atomic E-state index is 13.1. The summed E-state index contributed by atoms with van der Waals surface area (Å²) in [6, 6.07) is 8.44. The number of hydrogen-bond donors (Lipinski definition) is 0. The number of halogens is 2. The van der Waals surface area contributed by atoms with Crippen LogP contribution in [0.15, 0.2) is 42.5 Å². The Hall–Kier alpha value is -2.86. The first kappa shape index (κ1) is 21.4. The van der Waals surface area contributed by atoms with E-state index in [1.54, 1.807) is 12.1 Å². The normalized spacial score (nSPS) is 10.9. The van der Waals surface area contributed by atoms with E-state index in [0.717, 1.165) is 12.1 Å². The molecule has 0 aliphatic carbocycles. The first-order valence-corrected chi connectivity index (χ1v) is 8.85. The molecule has 0 N–H and O–H groups in total. The van der Waals surface area contributed by atoms with E-state index in [1.807, 2.05) is 13.8 Å². The maximum atomic E-state index is 13.1. The van der Waals surface area contributed by atoms with Crippen molar-refractivity contribution < 1.29 is 28.2 Å². The third-order valence-electron chi connectivity index (χ3n) is 3.51. The summed E-state index contributed by atoms with van der Waals surface area (Å²) < 4.78 is 28.9. The second-order valence-electron chi connectivity index (χ2n) is 6.08. The predicted octanol–water partition coefficient (Wildman–Crippen LogP) is 4.71. The van der Waals surface area contributed by atoms with E-state index < -0.39 is 24.2 Å². The minimum atomic E-state index is -0.720. The second kappa shape index (κ2) is 9.90. The zero-order chi connectivity index (χ0) is 20.7. The first-order valence-electron chi connectivity index (χ1n) is 8.48. The van der Waals surface area contributed by atoms with Crippen molar-refractivity contribution in [2.45, 2.75) is 20.0 Å². The first-order chi connectivity index (χ1) is 13.3. The molecular weight excluding hydrogens is 387 g/mol. The van der Waals surface area contributed by atoms with Crippen LogP contribution < -0.4 is 9.47 Å². The summed E-state index contributed by atoms with van der Waals surface area (Å²) in [5, 5.41) is 0.336. The van der Waals surface area contributed by atoms with Crippen LogP contribution in [0.1, 0.15) is 29.8 Å². The van der Waals surface area contributed by atoms with Crippen molar-refractivity contribution in [1.29, 1.82) is 0 Å². The molecule has 0 amide bonds. The molecule has 0 unspecified atom stereocenters. The highest BCUT2D eigenvalue weighted by atomic mass is 35.5. The fourth-order valence-electron chi connectivity index (χ4n) is 2.28. The van der Waals surface area contributed by atoms with Gasteiger partial charge in [0.1, 0.15) is 5.82 Å². The van der Waals surface area contributed by atoms with Crippen molar-refractivity contribution in [2.75, 3.05) is 13.7 Å². The van der Waals surface area contributed by atoms with Gasteiger partial charge in [0.15, 0.2) is 23.9 Å². The summed E-state index contributed by atoms with van der Waals surface area (Å²) in [7, 11) is 1.48. The number of ether oxygens (including phenoxy) is 3. The summed E-state index contributed by atoms with van der Waals surface area (Å²) in [6.07, 6.45) is 2.55. The van der Waals surface area contributed by atoms with Crippen molar-refractivity contribution in [3.05, 3.63) is 64.4 Å². The molecule has 0 aliphatic heterocycles. The Bertz CT molecular complexity index is 892. The summed E-state index contributed by atoms with van der Waals surface area (Å²) in [5.41, 5.74) is 0.723. The van der Waals surface area contributed by atoms with Crippen LogP contribution in [0.5, 0.6) is 11.5 Å². The third kappa shape index (κ3) is 6.09. The minimum absolute atomic E-state index is 0.0848. The standard InChI is InChI=1S/C21H20ClFO5/c1-13(2)28-21-17(22)9-14(10-19(21)26-3)7-8-20(25)27-12-18(24)15-5-4-6-16(23)11-15/h4-11,13H,12H2,1-3H3/b8-7+. The third-order valence-corrected chi connectivity index (χ3v) is 3.79. The van der Waals surface area contributed by atoms with Crippen LogP contribution in [0.25, 0.3) is 6.08 Å². The minimum Gasteiger partial charge on any atom is -0.493 e. The SMILES string of the molecule is COc1cc(/C=C/C(=O)OCC(=O)c2cccc(F)c2)cc(Cl)c1OC(C)C. The van der Waals surface area contributed by atoms with Gasteiger partial charge in [-0.25, -0.2) is 9.18 Å². The lowest BCUT2D eigenvalue weighted by Gasteiger charge is -2.15. The van der Waals surface area contributed by atoms with Gasteiger partial charge in [-0.1, -0.05) is 23.7 Å². The van der Waals surface area contributed by atoms with Crippen LogP contribution in [0.3, 0.4) is 0 Å². The van der Waals surface area contributed by atoms with Crippen molar-refractivity contribution in [2.24, 2.45) is 0 Å². The predicted molar refractivity (Wildman–Crippen MR) is 104 cm³/mol. The molecule has 0 spiro atoms. The molecule has 148 valence electrons. The van der Waals surface area contributed by atoms with Crippen LogP contribution in [0.2, 0.25) is 5.02 Å². The molecule has 2 rings (SSSR count). The fraction of sp³-hybridized carbons (Fsp3) is 0.238. The molecule has 0 heterocycles. The van der Waals surface area contributed by atoms with Crippen LogP contribution in [0, 0.1) is 5.82 Å². The van der Waals surface area contributed by atoms with Gasteiger partial charge in [-0.2, -0.15) is 0 Å². The Labute approximate surface area is 167 Å². The van der Waals surface area contributed by atoms with Crippen LogP contribution in [-0.2, 0) is 9.53 Å². The lowest BCUT2D eigenvalue weighted by molar-refractivity contribution is -0.136. The van der Waals surface area contributed by atoms with E-state index in [9.17, 15) is 14.0 Å². The molecule has 0 aliphatic rings. The van der Waals surface area contributed by atoms with Crippen molar-refractivity contribution >= 4 is 29.4 Å². The van der Waals surface area contributed by atoms with Gasteiger partial charge in [0.05, 0.1) is 18.2 Å². The van der Waals surface area contributed by atoms with Gasteiger partial charge in [-0.15, -0.1) is 0 Å². The molecule has 0 saturated heterocycles. The summed E-state index contributed by atoms with van der Waals surface area (Å²) in [5.74, 6) is -0.911. The largest absolute Gasteiger partial charge is 0.493 e. The summed E-state index contributed by atoms with van der Waals surface area (Å²) >= 11 is 6.23. The van der Waals surface area contributed by atoms with Crippen LogP contribution in [0.4, 0.5) is 4.39 Å². The molecule has 0 fully saturated rings. The second-order valence-corrected chi connectivity index (χ2v) is 6.48. The smallest absolute Gasteiger partial charge is 0.331 e. The Morgan fingerprint density at radius 2 is 1.96 bits per heavy atom. The molecule has 0 atom stereocenters. The number of Topliss-reactive ketones (excluding diaryl/α,β-unsaturated/α-hetero) is 1. The molecule has 0 bridgehead atoms. The van der Waals surface area contributed by atoms with Crippen molar-refractivity contribution in [1.82, 2.24) is 0 Å². The maximum Gasteiger partial charge on any atom is 0.331 e. The van der Waals surface area contributed by atoms with E-state index in [-0.39, 0.29) is 11.7 Å². The van der Waals surface area contributed by atoms with Crippen molar-refractivity contribution in [3.8, 4) is 11.5 Å². The zero-order valence-electron chi connectivity index (χ0n) is 15.7. The molecule has 0 aromatic heterocycles. The van der Waals surface area contributed by atoms with E-state index in [1.165, 1.54) is 31.4 Å². The van der Waals surface area contributed by atoms with E-state index in [0.29, 0.717) is 22.1 Å². The molecule has 5 nitrogen and oxygen atoms in total. The van der Waals surface area contributed by atoms with Crippen LogP contribution >= 0.6 is 11.6 Å². The number of carbonyl (C=O) groups is 2. The number of ketones is 1. The quantitative estimate of drug-likeness (QED) is 0.361. The van der Waals surface area contributed by atoms with Gasteiger partial charge in [0.25, 0.3) is 0 Å². The van der Waals surface area contributed by atoms with Gasteiger partial charge in [-0.3, -0.25) is 4.79 Å². The number of carbonyl (C=O) groups excluding carboxylic acids is 2. The highest BCUT2D eigenvalue weighted by Gasteiger charge is 2.13. The molecular formula is C21H20ClFO5. The average molecular weight is 407 g/mol. The van der Waals surface area contributed by atoms with E-state index >= 15 is 0 Å². The lowest BCUT2D eigenvalue weighted by Crippen LogP contribution is -2.12. The average Bonchev–Trinajstić information content (AvgIpc) is 2.65. The molecule has 7 heteroatoms. The number of rotatable bonds is 8. The lowest BCUT2D eigenvalue weighted by atomic mass is 10.1. The molecule has 2 aromatic carbocycles. The van der Waals surface area contributed by atoms with Gasteiger partial charge >= 0.3 is 5.97 Å². The molecule has 0 radical (unpaired) electrons. The topological polar surface area (TPSA) is 61.8 Å². The Morgan fingerprint density at radius 3 is 2.61 bits per heavy atom. The van der Waals surface area contributed by atoms with Gasteiger partial charge in [-0.05, 0) is 49.8 Å². The highest BCUT2D eigenvalue weighted by Crippen LogP contribution is 2.37. The number of methoxy groups -OCH3 is 1. The Morgan fingerprint density at radius 1 is 1.21 bits per heavy atom. The van der Waals surface area contributed by atoms with Crippen molar-refractivity contribution in [3.63, 3.8) is 0 Å². The van der Waals surface area contributed by atoms with E-state index in [2.05, 4.69) is 0 Å². The molecule has 2 aromatic rings. The van der Waals surface area contributed by atoms with E-state index in [4.69, 9.17) is 25.8 Å². The van der Waals surface area contributed by atoms with Gasteiger partial charge in [0.2, 0.25) is 0 Å². The van der Waals surface area contributed by atoms with Gasteiger partial charge in [0, 0.05) is 11.6 Å². The molecule has 28 heavy (non-hydrogen) atoms. The summed E-state index contributed by atoms with van der Waals surface area (Å²) in [4.78, 5) is 23.8. The van der Waals surface area contributed by atoms with Crippen LogP contribution in [-0.4, -0.2) is 31.6 Å². The zero-order valence-corrected chi connectivity index (χ0v) is 16.5. The fourth-order valence-corrected chi connectivity index (χ4v) is 2.54. The number of benzene rings is 2.